The van der Waals surface area contributed by atoms with Crippen molar-refractivity contribution in [3.8, 4) is 6.07 Å². The first kappa shape index (κ1) is 26.7. The summed E-state index contributed by atoms with van der Waals surface area (Å²) in [7, 11) is 0. The lowest BCUT2D eigenvalue weighted by Gasteiger charge is -2.28. The number of carbonyl (C=O) groups excluding carboxylic acids is 3. The highest BCUT2D eigenvalue weighted by atomic mass is 16.6. The van der Waals surface area contributed by atoms with Crippen LogP contribution in [0, 0.1) is 23.2 Å². The number of nitrogens with zero attached hydrogens (tertiary/aromatic N) is 1. The van der Waals surface area contributed by atoms with E-state index in [2.05, 4.69) is 16.0 Å². The van der Waals surface area contributed by atoms with E-state index in [1.54, 1.807) is 34.6 Å². The second kappa shape index (κ2) is 12.3. The number of alkyl carbamates (subject to hydrolysis) is 1. The summed E-state index contributed by atoms with van der Waals surface area (Å²) in [4.78, 5) is 37.2. The molecule has 0 saturated heterocycles. The Kier molecular flexibility index (Phi) is 11.3. The second-order valence-corrected chi connectivity index (χ2v) is 8.67. The van der Waals surface area contributed by atoms with Gasteiger partial charge in [0, 0.05) is 12.5 Å². The number of ether oxygens (including phenoxy) is 1. The molecule has 0 heterocycles. The van der Waals surface area contributed by atoms with E-state index >= 15 is 0 Å². The van der Waals surface area contributed by atoms with Crippen molar-refractivity contribution >= 4 is 17.9 Å². The summed E-state index contributed by atoms with van der Waals surface area (Å²) in [5, 5.41) is 26.1. The fourth-order valence-corrected chi connectivity index (χ4v) is 2.50. The van der Waals surface area contributed by atoms with Crippen LogP contribution in [0.25, 0.3) is 0 Å². The number of hydrogen-bond donors (Lipinski definition) is 4. The van der Waals surface area contributed by atoms with Crippen molar-refractivity contribution in [2.24, 2.45) is 11.8 Å². The van der Waals surface area contributed by atoms with Gasteiger partial charge in [-0.25, -0.2) is 4.79 Å². The average Bonchev–Trinajstić information content (AvgIpc) is 2.58. The number of aliphatic hydroxyl groups is 1. The first-order valence-electron chi connectivity index (χ1n) is 9.90. The summed E-state index contributed by atoms with van der Waals surface area (Å²) in [6, 6.07) is -0.327. The average molecular weight is 413 g/mol. The normalized spacial score (nSPS) is 14.5. The molecule has 9 nitrogen and oxygen atoms in total. The van der Waals surface area contributed by atoms with Crippen LogP contribution in [0.1, 0.15) is 61.3 Å². The van der Waals surface area contributed by atoms with Crippen LogP contribution in [-0.2, 0) is 14.3 Å². The van der Waals surface area contributed by atoms with Gasteiger partial charge in [0.1, 0.15) is 17.7 Å². The summed E-state index contributed by atoms with van der Waals surface area (Å²) in [6.07, 6.45) is 0.0164. The summed E-state index contributed by atoms with van der Waals surface area (Å²) < 4.78 is 5.18. The molecular weight excluding hydrogens is 376 g/mol. The highest BCUT2D eigenvalue weighted by Gasteiger charge is 2.31. The number of carbonyl (C=O) groups is 3. The first-order valence-corrected chi connectivity index (χ1v) is 9.90. The molecule has 1 unspecified atom stereocenters. The zero-order chi connectivity index (χ0) is 22.8. The molecule has 0 spiro atoms. The minimum Gasteiger partial charge on any atom is -0.444 e. The molecule has 29 heavy (non-hydrogen) atoms. The van der Waals surface area contributed by atoms with Crippen molar-refractivity contribution in [1.29, 1.82) is 5.26 Å². The molecular formula is C20H36N4O5. The molecule has 0 aromatic heterocycles. The fourth-order valence-electron chi connectivity index (χ4n) is 2.50. The minimum absolute atomic E-state index is 0.0830. The van der Waals surface area contributed by atoms with Crippen LogP contribution in [0.5, 0.6) is 0 Å². The highest BCUT2D eigenvalue weighted by Crippen LogP contribution is 2.10. The predicted octanol–water partition coefficient (Wildman–Crippen LogP) is 1.46. The SMILES string of the molecule is CC(C)C(CCC#N)NC(=O)[C@H](CO)NC(=O)[C@@H](NC(=O)OC(C)(C)C)C(C)C. The van der Waals surface area contributed by atoms with Crippen molar-refractivity contribution < 1.29 is 24.2 Å². The van der Waals surface area contributed by atoms with Gasteiger partial charge in [-0.2, -0.15) is 5.26 Å². The number of rotatable bonds is 10. The topological polar surface area (TPSA) is 141 Å². The Labute approximate surface area is 173 Å². The van der Waals surface area contributed by atoms with E-state index < -0.39 is 42.2 Å². The maximum Gasteiger partial charge on any atom is 0.408 e. The van der Waals surface area contributed by atoms with Gasteiger partial charge in [0.05, 0.1) is 12.7 Å². The fraction of sp³-hybridized carbons (Fsp3) is 0.800. The highest BCUT2D eigenvalue weighted by molar-refractivity contribution is 5.91. The Morgan fingerprint density at radius 3 is 2.00 bits per heavy atom. The van der Waals surface area contributed by atoms with Crippen LogP contribution < -0.4 is 16.0 Å². The lowest BCUT2D eigenvalue weighted by atomic mass is 9.99. The maximum atomic E-state index is 12.6. The van der Waals surface area contributed by atoms with Gasteiger partial charge in [-0.15, -0.1) is 0 Å². The summed E-state index contributed by atoms with van der Waals surface area (Å²) in [6.45, 7) is 11.8. The third-order valence-corrected chi connectivity index (χ3v) is 4.14. The van der Waals surface area contributed by atoms with Gasteiger partial charge in [0.15, 0.2) is 0 Å². The molecule has 166 valence electrons. The van der Waals surface area contributed by atoms with Crippen LogP contribution >= 0.6 is 0 Å². The minimum atomic E-state index is -1.17. The van der Waals surface area contributed by atoms with Crippen molar-refractivity contribution in [3.63, 3.8) is 0 Å². The molecule has 4 N–H and O–H groups in total. The van der Waals surface area contributed by atoms with Gasteiger partial charge in [-0.1, -0.05) is 27.7 Å². The van der Waals surface area contributed by atoms with Gasteiger partial charge < -0.3 is 25.8 Å². The molecule has 9 heteroatoms. The Bertz CT molecular complexity index is 593. The summed E-state index contributed by atoms with van der Waals surface area (Å²) >= 11 is 0. The van der Waals surface area contributed by atoms with Crippen molar-refractivity contribution in [2.75, 3.05) is 6.61 Å². The monoisotopic (exact) mass is 412 g/mol. The van der Waals surface area contributed by atoms with Crippen LogP contribution in [0.2, 0.25) is 0 Å². The van der Waals surface area contributed by atoms with Crippen molar-refractivity contribution in [1.82, 2.24) is 16.0 Å². The smallest absolute Gasteiger partial charge is 0.408 e. The van der Waals surface area contributed by atoms with Gasteiger partial charge in [0.2, 0.25) is 11.8 Å². The molecule has 0 aliphatic carbocycles. The summed E-state index contributed by atoms with van der Waals surface area (Å²) in [5.74, 6) is -1.33. The van der Waals surface area contributed by atoms with Crippen LogP contribution in [0.3, 0.4) is 0 Å². The van der Waals surface area contributed by atoms with Crippen LogP contribution in [0.15, 0.2) is 0 Å². The van der Waals surface area contributed by atoms with Crippen LogP contribution in [0.4, 0.5) is 4.79 Å². The van der Waals surface area contributed by atoms with Gasteiger partial charge in [0.25, 0.3) is 0 Å². The number of nitrogens with one attached hydrogen (secondary N) is 3. The van der Waals surface area contributed by atoms with Crippen LogP contribution in [-0.4, -0.2) is 53.3 Å². The molecule has 3 amide bonds. The quantitative estimate of drug-likeness (QED) is 0.428. The van der Waals surface area contributed by atoms with E-state index in [-0.39, 0.29) is 24.3 Å². The maximum absolute atomic E-state index is 12.6. The van der Waals surface area contributed by atoms with Crippen molar-refractivity contribution in [2.45, 2.75) is 85.0 Å². The number of aliphatic hydroxyl groups excluding tert-OH is 1. The molecule has 0 rings (SSSR count). The molecule has 3 atom stereocenters. The molecule has 0 saturated carbocycles. The van der Waals surface area contributed by atoms with E-state index in [0.29, 0.717) is 6.42 Å². The lowest BCUT2D eigenvalue weighted by Crippen LogP contribution is -2.58. The largest absolute Gasteiger partial charge is 0.444 e. The zero-order valence-corrected chi connectivity index (χ0v) is 18.5. The molecule has 0 aliphatic heterocycles. The molecule has 0 bridgehead atoms. The number of hydrogen-bond acceptors (Lipinski definition) is 6. The summed E-state index contributed by atoms with van der Waals surface area (Å²) in [5.41, 5.74) is -0.717. The van der Waals surface area contributed by atoms with E-state index in [4.69, 9.17) is 10.00 Å². The predicted molar refractivity (Wildman–Crippen MR) is 109 cm³/mol. The van der Waals surface area contributed by atoms with Gasteiger partial charge in [-0.05, 0) is 39.0 Å². The third kappa shape index (κ3) is 10.7. The van der Waals surface area contributed by atoms with E-state index in [9.17, 15) is 19.5 Å². The Morgan fingerprint density at radius 1 is 1.00 bits per heavy atom. The second-order valence-electron chi connectivity index (χ2n) is 8.67. The molecule has 0 aromatic carbocycles. The standard InChI is InChI=1S/C20H36N4O5/c1-12(2)14(9-8-10-21)22-17(26)15(11-25)23-18(27)16(13(3)4)24-19(28)29-20(5,6)7/h12-16,25H,8-9,11H2,1-7H3,(H,22,26)(H,23,27)(H,24,28)/t14?,15-,16-/m0/s1. The Hall–Kier alpha value is -2.34. The molecule has 0 aromatic rings. The first-order chi connectivity index (χ1) is 13.3. The van der Waals surface area contributed by atoms with Gasteiger partial charge >= 0.3 is 6.09 Å². The van der Waals surface area contributed by atoms with E-state index in [1.165, 1.54) is 0 Å². The lowest BCUT2D eigenvalue weighted by molar-refractivity contribution is -0.132. The van der Waals surface area contributed by atoms with Crippen molar-refractivity contribution in [3.05, 3.63) is 0 Å². The number of nitriles is 1. The van der Waals surface area contributed by atoms with E-state index in [0.717, 1.165) is 0 Å². The number of amides is 3. The molecule has 0 aliphatic rings. The zero-order valence-electron chi connectivity index (χ0n) is 18.5. The Morgan fingerprint density at radius 2 is 1.59 bits per heavy atom. The van der Waals surface area contributed by atoms with E-state index in [1.807, 2.05) is 19.9 Å². The van der Waals surface area contributed by atoms with Gasteiger partial charge in [-0.3, -0.25) is 9.59 Å². The third-order valence-electron chi connectivity index (χ3n) is 4.14. The molecule has 0 fully saturated rings. The Balaban J connectivity index is 5.08. The molecule has 0 radical (unpaired) electrons.